The molecule has 0 atom stereocenters. The lowest BCUT2D eigenvalue weighted by atomic mass is 10.2. The molecule has 2 aromatic carbocycles. The molecule has 1 N–H and O–H groups in total. The summed E-state index contributed by atoms with van der Waals surface area (Å²) in [5.74, 6) is -1.04. The van der Waals surface area contributed by atoms with Crippen LogP contribution in [-0.4, -0.2) is 23.5 Å². The van der Waals surface area contributed by atoms with Gasteiger partial charge in [0.15, 0.2) is 6.61 Å². The number of esters is 1. The van der Waals surface area contributed by atoms with Crippen LogP contribution in [0.1, 0.15) is 15.2 Å². The summed E-state index contributed by atoms with van der Waals surface area (Å²) in [6.45, 7) is -0.413. The highest BCUT2D eigenvalue weighted by Crippen LogP contribution is 2.34. The smallest absolute Gasteiger partial charge is 0.348 e. The molecule has 29 heavy (non-hydrogen) atoms. The van der Waals surface area contributed by atoms with Crippen LogP contribution >= 0.6 is 22.7 Å². The van der Waals surface area contributed by atoms with Crippen LogP contribution in [0.3, 0.4) is 0 Å². The standard InChI is InChI=1S/C21H13N3O3S2/c22-11-13-4-3-5-14(10-13)23-19(25)12-27-21(26)18-9-8-17(28-18)20-24-15-6-1-2-7-16(15)29-20/h1-10H,12H2,(H,23,25). The fourth-order valence-corrected chi connectivity index (χ4v) is 4.53. The zero-order valence-electron chi connectivity index (χ0n) is 14.9. The van der Waals surface area contributed by atoms with E-state index in [0.717, 1.165) is 20.1 Å². The van der Waals surface area contributed by atoms with Gasteiger partial charge in [-0.05, 0) is 42.5 Å². The lowest BCUT2D eigenvalue weighted by molar-refractivity contribution is -0.119. The molecule has 2 aromatic heterocycles. The summed E-state index contributed by atoms with van der Waals surface area (Å²) in [4.78, 5) is 30.1. The molecule has 6 nitrogen and oxygen atoms in total. The van der Waals surface area contributed by atoms with Crippen molar-refractivity contribution in [1.82, 2.24) is 4.98 Å². The summed E-state index contributed by atoms with van der Waals surface area (Å²) in [7, 11) is 0. The van der Waals surface area contributed by atoms with Gasteiger partial charge in [-0.25, -0.2) is 9.78 Å². The minimum Gasteiger partial charge on any atom is -0.451 e. The Labute approximate surface area is 174 Å². The van der Waals surface area contributed by atoms with Crippen LogP contribution in [0.2, 0.25) is 0 Å². The number of benzene rings is 2. The molecular weight excluding hydrogens is 406 g/mol. The minimum atomic E-state index is -0.566. The van der Waals surface area contributed by atoms with Gasteiger partial charge in [0.25, 0.3) is 5.91 Å². The first-order chi connectivity index (χ1) is 14.1. The van der Waals surface area contributed by atoms with Crippen LogP contribution in [-0.2, 0) is 9.53 Å². The maximum atomic E-state index is 12.3. The molecule has 0 aliphatic heterocycles. The number of anilines is 1. The number of para-hydroxylation sites is 1. The van der Waals surface area contributed by atoms with E-state index in [4.69, 9.17) is 10.00 Å². The number of fused-ring (bicyclic) bond motifs is 1. The third kappa shape index (κ3) is 4.32. The number of carbonyl (C=O) groups is 2. The fourth-order valence-electron chi connectivity index (χ4n) is 2.61. The van der Waals surface area contributed by atoms with Gasteiger partial charge in [-0.2, -0.15) is 5.26 Å². The summed E-state index contributed by atoms with van der Waals surface area (Å²) in [6.07, 6.45) is 0. The van der Waals surface area contributed by atoms with Gasteiger partial charge in [0.1, 0.15) is 9.88 Å². The monoisotopic (exact) mass is 419 g/mol. The molecule has 4 aromatic rings. The van der Waals surface area contributed by atoms with E-state index in [9.17, 15) is 9.59 Å². The van der Waals surface area contributed by atoms with Gasteiger partial charge in [0.05, 0.1) is 26.7 Å². The molecular formula is C21H13N3O3S2. The predicted molar refractivity (Wildman–Crippen MR) is 113 cm³/mol. The second kappa shape index (κ2) is 8.22. The number of ether oxygens (including phenoxy) is 1. The Morgan fingerprint density at radius 1 is 1.07 bits per heavy atom. The first-order valence-electron chi connectivity index (χ1n) is 8.55. The quantitative estimate of drug-likeness (QED) is 0.474. The van der Waals surface area contributed by atoms with Crippen LogP contribution in [0.5, 0.6) is 0 Å². The molecule has 1 amide bonds. The number of hydrogen-bond donors (Lipinski definition) is 1. The number of nitriles is 1. The molecule has 0 bridgehead atoms. The maximum absolute atomic E-state index is 12.3. The third-order valence-electron chi connectivity index (χ3n) is 3.92. The Morgan fingerprint density at radius 2 is 1.93 bits per heavy atom. The summed E-state index contributed by atoms with van der Waals surface area (Å²) in [5.41, 5.74) is 1.82. The number of amides is 1. The number of thiazole rings is 1. The molecule has 4 rings (SSSR count). The van der Waals surface area contributed by atoms with Crippen LogP contribution < -0.4 is 5.32 Å². The van der Waals surface area contributed by atoms with E-state index in [0.29, 0.717) is 16.1 Å². The van der Waals surface area contributed by atoms with Crippen LogP contribution in [0.25, 0.3) is 20.1 Å². The van der Waals surface area contributed by atoms with Gasteiger partial charge in [-0.1, -0.05) is 18.2 Å². The molecule has 8 heteroatoms. The number of hydrogen-bond acceptors (Lipinski definition) is 7. The highest BCUT2D eigenvalue weighted by molar-refractivity contribution is 7.26. The van der Waals surface area contributed by atoms with E-state index in [2.05, 4.69) is 10.3 Å². The average molecular weight is 419 g/mol. The molecule has 142 valence electrons. The average Bonchev–Trinajstić information content (AvgIpc) is 3.39. The van der Waals surface area contributed by atoms with E-state index in [1.165, 1.54) is 11.3 Å². The van der Waals surface area contributed by atoms with Crippen molar-refractivity contribution in [2.75, 3.05) is 11.9 Å². The number of aromatic nitrogens is 1. The maximum Gasteiger partial charge on any atom is 0.348 e. The Morgan fingerprint density at radius 3 is 2.76 bits per heavy atom. The zero-order valence-corrected chi connectivity index (χ0v) is 16.5. The van der Waals surface area contributed by atoms with Gasteiger partial charge in [0, 0.05) is 5.69 Å². The topological polar surface area (TPSA) is 92.1 Å². The van der Waals surface area contributed by atoms with E-state index in [-0.39, 0.29) is 0 Å². The highest BCUT2D eigenvalue weighted by atomic mass is 32.1. The summed E-state index contributed by atoms with van der Waals surface area (Å²) >= 11 is 2.83. The summed E-state index contributed by atoms with van der Waals surface area (Å²) in [6, 6.07) is 19.8. The van der Waals surface area contributed by atoms with Crippen molar-refractivity contribution in [3.8, 4) is 16.0 Å². The van der Waals surface area contributed by atoms with Gasteiger partial charge < -0.3 is 10.1 Å². The van der Waals surface area contributed by atoms with Gasteiger partial charge in [0.2, 0.25) is 0 Å². The van der Waals surface area contributed by atoms with Crippen molar-refractivity contribution in [2.45, 2.75) is 0 Å². The first kappa shape index (κ1) is 18.8. The third-order valence-corrected chi connectivity index (χ3v) is 6.19. The molecule has 2 heterocycles. The van der Waals surface area contributed by atoms with Crippen molar-refractivity contribution in [1.29, 1.82) is 5.26 Å². The molecule has 0 unspecified atom stereocenters. The first-order valence-corrected chi connectivity index (χ1v) is 10.2. The van der Waals surface area contributed by atoms with Gasteiger partial charge in [-0.15, -0.1) is 22.7 Å². The Kier molecular flexibility index (Phi) is 5.33. The summed E-state index contributed by atoms with van der Waals surface area (Å²) in [5, 5.41) is 12.3. The molecule has 0 fully saturated rings. The van der Waals surface area contributed by atoms with E-state index >= 15 is 0 Å². The summed E-state index contributed by atoms with van der Waals surface area (Å²) < 4.78 is 6.18. The molecule has 0 aliphatic carbocycles. The molecule has 0 radical (unpaired) electrons. The highest BCUT2D eigenvalue weighted by Gasteiger charge is 2.15. The van der Waals surface area contributed by atoms with Crippen LogP contribution in [0.15, 0.2) is 60.7 Å². The van der Waals surface area contributed by atoms with Crippen LogP contribution in [0, 0.1) is 11.3 Å². The van der Waals surface area contributed by atoms with Crippen molar-refractivity contribution in [2.24, 2.45) is 0 Å². The van der Waals surface area contributed by atoms with E-state index in [1.807, 2.05) is 36.4 Å². The van der Waals surface area contributed by atoms with E-state index in [1.54, 1.807) is 41.7 Å². The van der Waals surface area contributed by atoms with Crippen molar-refractivity contribution in [3.63, 3.8) is 0 Å². The Bertz CT molecular complexity index is 1220. The normalized spacial score (nSPS) is 10.4. The Hall–Kier alpha value is -3.54. The van der Waals surface area contributed by atoms with E-state index < -0.39 is 18.5 Å². The fraction of sp³-hybridized carbons (Fsp3) is 0.0476. The second-order valence-corrected chi connectivity index (χ2v) is 8.08. The molecule has 0 aliphatic rings. The predicted octanol–water partition coefficient (Wildman–Crippen LogP) is 4.69. The number of rotatable bonds is 5. The molecule has 0 saturated heterocycles. The minimum absolute atomic E-state index is 0.401. The SMILES string of the molecule is N#Cc1cccc(NC(=O)COC(=O)c2ccc(-c3nc4ccccc4s3)s2)c1. The number of nitrogens with one attached hydrogen (secondary N) is 1. The molecule has 0 saturated carbocycles. The van der Waals surface area contributed by atoms with Crippen LogP contribution in [0.4, 0.5) is 5.69 Å². The lowest BCUT2D eigenvalue weighted by Gasteiger charge is -2.06. The number of nitrogens with zero attached hydrogens (tertiary/aromatic N) is 2. The van der Waals surface area contributed by atoms with Crippen molar-refractivity contribution >= 4 is 50.5 Å². The number of carbonyl (C=O) groups excluding carboxylic acids is 2. The van der Waals surface area contributed by atoms with Crippen molar-refractivity contribution in [3.05, 3.63) is 71.1 Å². The lowest BCUT2D eigenvalue weighted by Crippen LogP contribution is -2.20. The van der Waals surface area contributed by atoms with Crippen molar-refractivity contribution < 1.29 is 14.3 Å². The largest absolute Gasteiger partial charge is 0.451 e. The Balaban J connectivity index is 1.37. The number of thiophene rings is 1. The molecule has 0 spiro atoms. The second-order valence-electron chi connectivity index (χ2n) is 5.97. The zero-order chi connectivity index (χ0) is 20.2. The van der Waals surface area contributed by atoms with Gasteiger partial charge >= 0.3 is 5.97 Å². The van der Waals surface area contributed by atoms with Gasteiger partial charge in [-0.3, -0.25) is 4.79 Å².